The van der Waals surface area contributed by atoms with Crippen LogP contribution in [0.5, 0.6) is 0 Å². The first-order valence-corrected chi connectivity index (χ1v) is 7.50. The number of rotatable bonds is 3. The van der Waals surface area contributed by atoms with Gasteiger partial charge >= 0.3 is 0 Å². The molecule has 1 saturated carbocycles. The van der Waals surface area contributed by atoms with E-state index in [1.54, 1.807) is 0 Å². The summed E-state index contributed by atoms with van der Waals surface area (Å²) in [5.74, 6) is 0.755. The standard InChI is InChI=1S/C14H29N3/c1-2-16-8-10-17(11-9-16)12-13-6-4-3-5-7-14(13)15/h13-14H,2-12,15H2,1H3. The van der Waals surface area contributed by atoms with Crippen molar-refractivity contribution in [3.05, 3.63) is 0 Å². The van der Waals surface area contributed by atoms with Crippen LogP contribution in [0.15, 0.2) is 0 Å². The van der Waals surface area contributed by atoms with Crippen LogP contribution in [0.1, 0.15) is 39.0 Å². The van der Waals surface area contributed by atoms with Gasteiger partial charge < -0.3 is 15.5 Å². The lowest BCUT2D eigenvalue weighted by atomic mass is 9.94. The zero-order valence-electron chi connectivity index (χ0n) is 11.4. The summed E-state index contributed by atoms with van der Waals surface area (Å²) in [6, 6.07) is 0.460. The summed E-state index contributed by atoms with van der Waals surface area (Å²) in [6.07, 6.45) is 6.75. The molecule has 3 nitrogen and oxygen atoms in total. The molecule has 2 unspecified atom stereocenters. The molecule has 2 rings (SSSR count). The van der Waals surface area contributed by atoms with Crippen molar-refractivity contribution >= 4 is 0 Å². The van der Waals surface area contributed by atoms with Gasteiger partial charge in [0.25, 0.3) is 0 Å². The summed E-state index contributed by atoms with van der Waals surface area (Å²) in [6.45, 7) is 9.71. The molecule has 1 saturated heterocycles. The number of nitrogens with two attached hydrogens (primary N) is 1. The molecule has 0 aromatic carbocycles. The van der Waals surface area contributed by atoms with Gasteiger partial charge in [-0.05, 0) is 25.3 Å². The van der Waals surface area contributed by atoms with Crippen molar-refractivity contribution in [1.82, 2.24) is 9.80 Å². The number of piperazine rings is 1. The van der Waals surface area contributed by atoms with E-state index >= 15 is 0 Å². The van der Waals surface area contributed by atoms with Crippen molar-refractivity contribution in [2.24, 2.45) is 11.7 Å². The van der Waals surface area contributed by atoms with Gasteiger partial charge in [0.15, 0.2) is 0 Å². The third kappa shape index (κ3) is 3.94. The van der Waals surface area contributed by atoms with Crippen LogP contribution in [0, 0.1) is 5.92 Å². The van der Waals surface area contributed by atoms with E-state index in [-0.39, 0.29) is 0 Å². The summed E-state index contributed by atoms with van der Waals surface area (Å²) in [4.78, 5) is 5.19. The van der Waals surface area contributed by atoms with Gasteiger partial charge in [-0.15, -0.1) is 0 Å². The van der Waals surface area contributed by atoms with Crippen LogP contribution in [0.25, 0.3) is 0 Å². The molecule has 3 heteroatoms. The van der Waals surface area contributed by atoms with Gasteiger partial charge in [-0.3, -0.25) is 0 Å². The quantitative estimate of drug-likeness (QED) is 0.758. The van der Waals surface area contributed by atoms with Crippen molar-refractivity contribution in [3.8, 4) is 0 Å². The average molecular weight is 239 g/mol. The van der Waals surface area contributed by atoms with E-state index < -0.39 is 0 Å². The van der Waals surface area contributed by atoms with E-state index in [9.17, 15) is 0 Å². The Balaban J connectivity index is 1.76. The van der Waals surface area contributed by atoms with E-state index in [4.69, 9.17) is 5.73 Å². The maximum absolute atomic E-state index is 6.31. The van der Waals surface area contributed by atoms with Crippen molar-refractivity contribution in [1.29, 1.82) is 0 Å². The number of likely N-dealkylation sites (N-methyl/N-ethyl adjacent to an activating group) is 1. The molecule has 1 aliphatic carbocycles. The second-order valence-electron chi connectivity index (χ2n) is 5.80. The fourth-order valence-electron chi connectivity index (χ4n) is 3.26. The second-order valence-corrected chi connectivity index (χ2v) is 5.80. The Morgan fingerprint density at radius 1 is 0.941 bits per heavy atom. The fourth-order valence-corrected chi connectivity index (χ4v) is 3.26. The van der Waals surface area contributed by atoms with Gasteiger partial charge in [-0.25, -0.2) is 0 Å². The minimum absolute atomic E-state index is 0.460. The Bertz CT molecular complexity index is 212. The molecule has 2 aliphatic rings. The van der Waals surface area contributed by atoms with E-state index in [0.717, 1.165) is 5.92 Å². The SMILES string of the molecule is CCN1CCN(CC2CCCCCC2N)CC1. The Morgan fingerprint density at radius 2 is 1.59 bits per heavy atom. The lowest BCUT2D eigenvalue weighted by Crippen LogP contribution is -2.49. The maximum atomic E-state index is 6.31. The van der Waals surface area contributed by atoms with Crippen LogP contribution in [0.4, 0.5) is 0 Å². The predicted molar refractivity (Wildman–Crippen MR) is 73.1 cm³/mol. The van der Waals surface area contributed by atoms with Crippen LogP contribution in [-0.2, 0) is 0 Å². The van der Waals surface area contributed by atoms with Crippen molar-refractivity contribution in [3.63, 3.8) is 0 Å². The van der Waals surface area contributed by atoms with E-state index in [0.29, 0.717) is 6.04 Å². The number of nitrogens with zero attached hydrogens (tertiary/aromatic N) is 2. The monoisotopic (exact) mass is 239 g/mol. The van der Waals surface area contributed by atoms with Gasteiger partial charge in [0.05, 0.1) is 0 Å². The minimum Gasteiger partial charge on any atom is -0.327 e. The third-order valence-electron chi connectivity index (χ3n) is 4.62. The largest absolute Gasteiger partial charge is 0.327 e. The van der Waals surface area contributed by atoms with Gasteiger partial charge in [0, 0.05) is 38.8 Å². The third-order valence-corrected chi connectivity index (χ3v) is 4.62. The molecule has 0 spiro atoms. The Kier molecular flexibility index (Phi) is 5.26. The highest BCUT2D eigenvalue weighted by Gasteiger charge is 2.24. The van der Waals surface area contributed by atoms with E-state index in [2.05, 4.69) is 16.7 Å². The van der Waals surface area contributed by atoms with E-state index in [1.807, 2.05) is 0 Å². The molecule has 2 N–H and O–H groups in total. The molecule has 17 heavy (non-hydrogen) atoms. The molecular weight excluding hydrogens is 210 g/mol. The first kappa shape index (κ1) is 13.3. The average Bonchev–Trinajstić information content (AvgIpc) is 2.56. The molecule has 100 valence electrons. The zero-order valence-corrected chi connectivity index (χ0v) is 11.4. The van der Waals surface area contributed by atoms with Crippen LogP contribution in [0.3, 0.4) is 0 Å². The highest BCUT2D eigenvalue weighted by atomic mass is 15.3. The van der Waals surface area contributed by atoms with Crippen molar-refractivity contribution in [2.45, 2.75) is 45.1 Å². The number of hydrogen-bond acceptors (Lipinski definition) is 3. The Hall–Kier alpha value is -0.120. The molecule has 1 heterocycles. The zero-order chi connectivity index (χ0) is 12.1. The lowest BCUT2D eigenvalue weighted by molar-refractivity contribution is 0.115. The second kappa shape index (κ2) is 6.72. The summed E-state index contributed by atoms with van der Waals surface area (Å²) in [7, 11) is 0. The summed E-state index contributed by atoms with van der Waals surface area (Å²) in [5.41, 5.74) is 6.31. The molecule has 2 atom stereocenters. The molecule has 0 aromatic heterocycles. The molecule has 0 radical (unpaired) electrons. The van der Waals surface area contributed by atoms with Crippen molar-refractivity contribution in [2.75, 3.05) is 39.3 Å². The molecule has 1 aliphatic heterocycles. The fraction of sp³-hybridized carbons (Fsp3) is 1.00. The smallest absolute Gasteiger partial charge is 0.0110 e. The van der Waals surface area contributed by atoms with Crippen LogP contribution in [-0.4, -0.2) is 55.1 Å². The van der Waals surface area contributed by atoms with Crippen LogP contribution < -0.4 is 5.73 Å². The molecule has 2 fully saturated rings. The van der Waals surface area contributed by atoms with Gasteiger partial charge in [-0.1, -0.05) is 26.2 Å². The van der Waals surface area contributed by atoms with Gasteiger partial charge in [0.1, 0.15) is 0 Å². The summed E-state index contributed by atoms with van der Waals surface area (Å²) in [5, 5.41) is 0. The topological polar surface area (TPSA) is 32.5 Å². The van der Waals surface area contributed by atoms with Crippen LogP contribution >= 0.6 is 0 Å². The highest BCUT2D eigenvalue weighted by Crippen LogP contribution is 2.23. The minimum atomic E-state index is 0.460. The Labute approximate surface area is 106 Å². The first-order valence-electron chi connectivity index (χ1n) is 7.50. The van der Waals surface area contributed by atoms with Gasteiger partial charge in [0.2, 0.25) is 0 Å². The van der Waals surface area contributed by atoms with Crippen molar-refractivity contribution < 1.29 is 0 Å². The number of hydrogen-bond donors (Lipinski definition) is 1. The molecule has 0 aromatic rings. The normalized spacial score (nSPS) is 33.5. The van der Waals surface area contributed by atoms with Gasteiger partial charge in [-0.2, -0.15) is 0 Å². The first-order chi connectivity index (χ1) is 8.29. The predicted octanol–water partition coefficient (Wildman–Crippen LogP) is 1.53. The molecular formula is C14H29N3. The van der Waals surface area contributed by atoms with Crippen LogP contribution in [0.2, 0.25) is 0 Å². The van der Waals surface area contributed by atoms with E-state index in [1.165, 1.54) is 71.4 Å². The molecule has 0 amide bonds. The Morgan fingerprint density at radius 3 is 2.29 bits per heavy atom. The maximum Gasteiger partial charge on any atom is 0.0110 e. The molecule has 0 bridgehead atoms. The lowest BCUT2D eigenvalue weighted by Gasteiger charge is -2.37. The summed E-state index contributed by atoms with van der Waals surface area (Å²) < 4.78 is 0. The highest BCUT2D eigenvalue weighted by molar-refractivity contribution is 4.81. The summed E-state index contributed by atoms with van der Waals surface area (Å²) >= 11 is 0.